The van der Waals surface area contributed by atoms with E-state index in [4.69, 9.17) is 30.5 Å². The topological polar surface area (TPSA) is 62.2 Å². The highest BCUT2D eigenvalue weighted by molar-refractivity contribution is 6.29. The lowest BCUT2D eigenvalue weighted by molar-refractivity contribution is 0.0330. The van der Waals surface area contributed by atoms with Crippen molar-refractivity contribution >= 4 is 17.6 Å². The molecular weight excluding hydrogens is 504 g/mol. The highest BCUT2D eigenvalue weighted by Gasteiger charge is 2.33. The van der Waals surface area contributed by atoms with Crippen molar-refractivity contribution in [1.29, 1.82) is 0 Å². The number of morpholine rings is 1. The monoisotopic (exact) mass is 542 g/mol. The quantitative estimate of drug-likeness (QED) is 0.296. The van der Waals surface area contributed by atoms with Crippen LogP contribution in [0.1, 0.15) is 41.0 Å². The first-order chi connectivity index (χ1) is 18.4. The Balaban J connectivity index is 0.000000934. The van der Waals surface area contributed by atoms with E-state index in [0.29, 0.717) is 48.3 Å². The van der Waals surface area contributed by atoms with Gasteiger partial charge in [0.05, 0.1) is 45.3 Å². The number of benzene rings is 1. The van der Waals surface area contributed by atoms with Crippen molar-refractivity contribution in [2.75, 3.05) is 47.1 Å². The van der Waals surface area contributed by atoms with Crippen molar-refractivity contribution in [1.82, 2.24) is 9.47 Å². The van der Waals surface area contributed by atoms with Crippen LogP contribution in [-0.2, 0) is 35.4 Å². The number of carbonyl (C=O) groups is 1. The summed E-state index contributed by atoms with van der Waals surface area (Å²) in [7, 11) is 3.26. The van der Waals surface area contributed by atoms with E-state index in [9.17, 15) is 4.79 Å². The summed E-state index contributed by atoms with van der Waals surface area (Å²) in [5.74, 6) is 1.02. The number of esters is 1. The summed E-state index contributed by atoms with van der Waals surface area (Å²) in [6, 6.07) is 4.00. The minimum absolute atomic E-state index is 0.308. The van der Waals surface area contributed by atoms with Crippen LogP contribution in [0.25, 0.3) is 11.3 Å². The van der Waals surface area contributed by atoms with Gasteiger partial charge in [-0.3, -0.25) is 4.90 Å². The average molecular weight is 543 g/mol. The first-order valence-corrected chi connectivity index (χ1v) is 13.3. The molecule has 0 saturated carbocycles. The smallest absolute Gasteiger partial charge is 0.340 e. The molecule has 1 aromatic heterocycles. The highest BCUT2D eigenvalue weighted by Crippen LogP contribution is 2.43. The van der Waals surface area contributed by atoms with Crippen molar-refractivity contribution in [3.8, 4) is 22.8 Å². The fraction of sp³-hybridized carbons (Fsp3) is 0.433. The van der Waals surface area contributed by atoms with Crippen molar-refractivity contribution in [2.24, 2.45) is 0 Å². The van der Waals surface area contributed by atoms with E-state index in [1.807, 2.05) is 32.1 Å². The highest BCUT2D eigenvalue weighted by atomic mass is 35.5. The molecule has 2 aliphatic rings. The molecule has 0 N–H and O–H groups in total. The maximum atomic E-state index is 13.4. The maximum Gasteiger partial charge on any atom is 0.340 e. The van der Waals surface area contributed by atoms with Crippen LogP contribution in [0, 0.1) is 0 Å². The van der Waals surface area contributed by atoms with Crippen LogP contribution >= 0.6 is 11.6 Å². The van der Waals surface area contributed by atoms with Crippen LogP contribution < -0.4 is 9.47 Å². The Morgan fingerprint density at radius 2 is 1.76 bits per heavy atom. The predicted octanol–water partition coefficient (Wildman–Crippen LogP) is 5.78. The van der Waals surface area contributed by atoms with E-state index < -0.39 is 0 Å². The van der Waals surface area contributed by atoms with Crippen LogP contribution in [0.4, 0.5) is 0 Å². The molecule has 38 heavy (non-hydrogen) atoms. The fourth-order valence-electron chi connectivity index (χ4n) is 4.87. The summed E-state index contributed by atoms with van der Waals surface area (Å²) < 4.78 is 24.6. The number of halogens is 1. The number of hydrogen-bond donors (Lipinski definition) is 0. The lowest BCUT2D eigenvalue weighted by Gasteiger charge is -2.29. The molecule has 8 heteroatoms. The van der Waals surface area contributed by atoms with Gasteiger partial charge in [-0.1, -0.05) is 43.0 Å². The van der Waals surface area contributed by atoms with E-state index in [0.717, 1.165) is 60.7 Å². The standard InChI is InChI=1S/C26H33ClN2O5.C4H6/c1-5-34-26(30)24-19(7-6-17(2)27)21(16-28-10-12-33-13-11-28)29-9-8-18-14-22(31-3)23(32-4)15-20(18)25(24)29;1-3-4-2/h6,14-15H,5,7-13,16H2,1-4H3;3-4H,1-2H2/b17-6+;. The molecule has 0 bridgehead atoms. The summed E-state index contributed by atoms with van der Waals surface area (Å²) in [5.41, 5.74) is 5.72. The SMILES string of the molecule is C=CC=C.CCOC(=O)c1c(C/C=C(\C)Cl)c(CN2CCOCC2)n2c1-c1cc(OC)c(OC)cc1CC2. The zero-order valence-electron chi connectivity index (χ0n) is 23.0. The van der Waals surface area contributed by atoms with Gasteiger partial charge in [-0.2, -0.15) is 0 Å². The first-order valence-electron chi connectivity index (χ1n) is 12.9. The Kier molecular flexibility index (Phi) is 11.1. The molecule has 0 aliphatic carbocycles. The Hall–Kier alpha value is -3.00. The van der Waals surface area contributed by atoms with Gasteiger partial charge < -0.3 is 23.5 Å². The molecule has 3 heterocycles. The molecule has 4 rings (SSSR count). The minimum atomic E-state index is -0.308. The third kappa shape index (κ3) is 6.70. The van der Waals surface area contributed by atoms with Crippen LogP contribution in [-0.4, -0.2) is 62.6 Å². The second-order valence-electron chi connectivity index (χ2n) is 8.99. The van der Waals surface area contributed by atoms with E-state index in [1.165, 1.54) is 0 Å². The number of methoxy groups -OCH3 is 2. The van der Waals surface area contributed by atoms with Crippen molar-refractivity contribution in [3.05, 3.63) is 70.9 Å². The van der Waals surface area contributed by atoms with Gasteiger partial charge in [-0.15, -0.1) is 0 Å². The molecule has 2 aromatic rings. The summed E-state index contributed by atoms with van der Waals surface area (Å²) >= 11 is 6.23. The Morgan fingerprint density at radius 1 is 1.11 bits per heavy atom. The molecule has 7 nitrogen and oxygen atoms in total. The molecule has 0 radical (unpaired) electrons. The lowest BCUT2D eigenvalue weighted by Crippen LogP contribution is -2.36. The molecular formula is C30H39ClN2O5. The summed E-state index contributed by atoms with van der Waals surface area (Å²) in [4.78, 5) is 15.8. The van der Waals surface area contributed by atoms with Gasteiger partial charge in [0.25, 0.3) is 0 Å². The summed E-state index contributed by atoms with van der Waals surface area (Å²) in [5, 5.41) is 0.697. The fourth-order valence-corrected chi connectivity index (χ4v) is 4.94. The molecule has 0 spiro atoms. The molecule has 206 valence electrons. The van der Waals surface area contributed by atoms with Crippen LogP contribution in [0.15, 0.2) is 48.6 Å². The lowest BCUT2D eigenvalue weighted by atomic mass is 9.94. The average Bonchev–Trinajstić information content (AvgIpc) is 3.25. The molecule has 0 unspecified atom stereocenters. The van der Waals surface area contributed by atoms with Gasteiger partial charge in [0, 0.05) is 42.5 Å². The molecule has 2 aliphatic heterocycles. The molecule has 1 saturated heterocycles. The summed E-state index contributed by atoms with van der Waals surface area (Å²) in [6.07, 6.45) is 6.63. The number of aryl methyl sites for hydroxylation is 1. The van der Waals surface area contributed by atoms with Crippen molar-refractivity contribution < 1.29 is 23.7 Å². The van der Waals surface area contributed by atoms with Gasteiger partial charge >= 0.3 is 5.97 Å². The number of hydrogen-bond acceptors (Lipinski definition) is 6. The number of carbonyl (C=O) groups excluding carboxylic acids is 1. The normalized spacial score (nSPS) is 14.9. The van der Waals surface area contributed by atoms with Gasteiger partial charge in [0.2, 0.25) is 0 Å². The van der Waals surface area contributed by atoms with E-state index in [-0.39, 0.29) is 5.97 Å². The Morgan fingerprint density at radius 3 is 2.34 bits per heavy atom. The summed E-state index contributed by atoms with van der Waals surface area (Å²) in [6.45, 7) is 15.4. The molecule has 0 amide bonds. The number of allylic oxidation sites excluding steroid dienone is 4. The van der Waals surface area contributed by atoms with Crippen LogP contribution in [0.5, 0.6) is 11.5 Å². The Labute approximate surface area is 231 Å². The maximum absolute atomic E-state index is 13.4. The molecule has 1 fully saturated rings. The van der Waals surface area contributed by atoms with E-state index in [1.54, 1.807) is 26.4 Å². The van der Waals surface area contributed by atoms with Gasteiger partial charge in [0.15, 0.2) is 11.5 Å². The number of rotatable bonds is 9. The van der Waals surface area contributed by atoms with E-state index in [2.05, 4.69) is 22.6 Å². The Bertz CT molecular complexity index is 1170. The largest absolute Gasteiger partial charge is 0.493 e. The number of ether oxygens (including phenoxy) is 4. The van der Waals surface area contributed by atoms with Crippen molar-refractivity contribution in [2.45, 2.75) is 39.8 Å². The first kappa shape index (κ1) is 29.6. The molecule has 1 aromatic carbocycles. The predicted molar refractivity (Wildman–Crippen MR) is 152 cm³/mol. The second-order valence-corrected chi connectivity index (χ2v) is 9.59. The van der Waals surface area contributed by atoms with Gasteiger partial charge in [0.1, 0.15) is 0 Å². The zero-order valence-corrected chi connectivity index (χ0v) is 23.7. The zero-order chi connectivity index (χ0) is 27.7. The van der Waals surface area contributed by atoms with Crippen LogP contribution in [0.2, 0.25) is 0 Å². The van der Waals surface area contributed by atoms with Gasteiger partial charge in [-0.05, 0) is 49.9 Å². The third-order valence-electron chi connectivity index (χ3n) is 6.66. The van der Waals surface area contributed by atoms with Crippen LogP contribution in [0.3, 0.4) is 0 Å². The third-order valence-corrected chi connectivity index (χ3v) is 6.82. The molecule has 0 atom stereocenters. The minimum Gasteiger partial charge on any atom is -0.493 e. The number of nitrogens with zero attached hydrogens (tertiary/aromatic N) is 2. The van der Waals surface area contributed by atoms with Crippen molar-refractivity contribution in [3.63, 3.8) is 0 Å². The number of aromatic nitrogens is 1. The number of fused-ring (bicyclic) bond motifs is 3. The van der Waals surface area contributed by atoms with E-state index >= 15 is 0 Å². The van der Waals surface area contributed by atoms with Gasteiger partial charge in [-0.25, -0.2) is 4.79 Å². The second kappa shape index (κ2) is 14.2.